The lowest BCUT2D eigenvalue weighted by molar-refractivity contribution is -0.127. The van der Waals surface area contributed by atoms with Gasteiger partial charge in [0.15, 0.2) is 0 Å². The number of nitrogens with zero attached hydrogens (tertiary/aromatic N) is 3. The molecule has 0 spiro atoms. The standard InChI is InChI=1S/C15H16N4O/c16-13-4-1-12(2-5-13)3-6-15(20)19-10-9-18-8-7-17-14(18)11-19/h1-8H,9-11,16H2/b6-3+. The summed E-state index contributed by atoms with van der Waals surface area (Å²) in [6, 6.07) is 7.42. The van der Waals surface area contributed by atoms with E-state index in [0.29, 0.717) is 13.1 Å². The minimum absolute atomic E-state index is 0.0103. The van der Waals surface area contributed by atoms with E-state index in [1.807, 2.05) is 36.5 Å². The van der Waals surface area contributed by atoms with Crippen molar-refractivity contribution >= 4 is 17.7 Å². The maximum Gasteiger partial charge on any atom is 0.247 e. The number of nitrogen functional groups attached to an aromatic ring is 1. The number of rotatable bonds is 2. The van der Waals surface area contributed by atoms with Crippen molar-refractivity contribution < 1.29 is 4.79 Å². The summed E-state index contributed by atoms with van der Waals surface area (Å²) in [5, 5.41) is 0. The second-order valence-electron chi connectivity index (χ2n) is 4.80. The van der Waals surface area contributed by atoms with Gasteiger partial charge >= 0.3 is 0 Å². The first-order valence-corrected chi connectivity index (χ1v) is 6.55. The highest BCUT2D eigenvalue weighted by Gasteiger charge is 2.19. The SMILES string of the molecule is Nc1ccc(/C=C/C(=O)N2CCn3ccnc3C2)cc1. The number of amides is 1. The predicted octanol–water partition coefficient (Wildman–Crippen LogP) is 1.52. The fourth-order valence-corrected chi connectivity index (χ4v) is 2.24. The second-order valence-corrected chi connectivity index (χ2v) is 4.80. The Morgan fingerprint density at radius 2 is 2.05 bits per heavy atom. The Hall–Kier alpha value is -2.56. The van der Waals surface area contributed by atoms with Crippen molar-refractivity contribution in [1.29, 1.82) is 0 Å². The first-order valence-electron chi connectivity index (χ1n) is 6.55. The van der Waals surface area contributed by atoms with Crippen LogP contribution in [0.15, 0.2) is 42.7 Å². The van der Waals surface area contributed by atoms with Gasteiger partial charge in [0.05, 0.1) is 6.54 Å². The van der Waals surface area contributed by atoms with Gasteiger partial charge in [0.25, 0.3) is 0 Å². The molecule has 0 aliphatic carbocycles. The van der Waals surface area contributed by atoms with Crippen LogP contribution in [-0.2, 0) is 17.9 Å². The molecule has 1 aliphatic rings. The molecule has 2 heterocycles. The van der Waals surface area contributed by atoms with Gasteiger partial charge in [0, 0.05) is 37.2 Å². The molecule has 0 saturated heterocycles. The van der Waals surface area contributed by atoms with E-state index in [2.05, 4.69) is 9.55 Å². The van der Waals surface area contributed by atoms with Gasteiger partial charge in [0.2, 0.25) is 5.91 Å². The molecule has 102 valence electrons. The molecular weight excluding hydrogens is 252 g/mol. The number of imidazole rings is 1. The maximum atomic E-state index is 12.1. The number of aromatic nitrogens is 2. The van der Waals surface area contributed by atoms with E-state index < -0.39 is 0 Å². The molecule has 1 amide bonds. The second kappa shape index (κ2) is 5.21. The smallest absolute Gasteiger partial charge is 0.247 e. The molecule has 3 rings (SSSR count). The van der Waals surface area contributed by atoms with Crippen molar-refractivity contribution in [1.82, 2.24) is 14.5 Å². The van der Waals surface area contributed by atoms with Crippen LogP contribution in [0.4, 0.5) is 5.69 Å². The highest BCUT2D eigenvalue weighted by Crippen LogP contribution is 2.12. The van der Waals surface area contributed by atoms with Crippen LogP contribution in [-0.4, -0.2) is 26.9 Å². The Morgan fingerprint density at radius 3 is 2.85 bits per heavy atom. The van der Waals surface area contributed by atoms with Crippen molar-refractivity contribution in [3.05, 3.63) is 54.1 Å². The van der Waals surface area contributed by atoms with Crippen LogP contribution in [0.2, 0.25) is 0 Å². The molecule has 1 aromatic heterocycles. The van der Waals surface area contributed by atoms with Gasteiger partial charge in [-0.2, -0.15) is 0 Å². The number of nitrogens with two attached hydrogens (primary N) is 1. The Morgan fingerprint density at radius 1 is 1.25 bits per heavy atom. The Balaban J connectivity index is 1.67. The molecule has 0 fully saturated rings. The normalized spacial score (nSPS) is 14.5. The Kier molecular flexibility index (Phi) is 3.25. The van der Waals surface area contributed by atoms with Gasteiger partial charge in [-0.15, -0.1) is 0 Å². The van der Waals surface area contributed by atoms with E-state index in [0.717, 1.165) is 23.6 Å². The van der Waals surface area contributed by atoms with Gasteiger partial charge in [-0.1, -0.05) is 12.1 Å². The summed E-state index contributed by atoms with van der Waals surface area (Å²) in [7, 11) is 0. The van der Waals surface area contributed by atoms with E-state index in [4.69, 9.17) is 5.73 Å². The molecule has 0 radical (unpaired) electrons. The molecule has 0 unspecified atom stereocenters. The summed E-state index contributed by atoms with van der Waals surface area (Å²) in [5.74, 6) is 0.946. The van der Waals surface area contributed by atoms with Crippen molar-refractivity contribution in [3.8, 4) is 0 Å². The minimum Gasteiger partial charge on any atom is -0.399 e. The van der Waals surface area contributed by atoms with Gasteiger partial charge < -0.3 is 15.2 Å². The molecule has 0 saturated carbocycles. The lowest BCUT2D eigenvalue weighted by Gasteiger charge is -2.26. The quantitative estimate of drug-likeness (QED) is 0.663. The summed E-state index contributed by atoms with van der Waals surface area (Å²) in [6.45, 7) is 2.09. The summed E-state index contributed by atoms with van der Waals surface area (Å²) >= 11 is 0. The highest BCUT2D eigenvalue weighted by atomic mass is 16.2. The topological polar surface area (TPSA) is 64.2 Å². The maximum absolute atomic E-state index is 12.1. The fraction of sp³-hybridized carbons (Fsp3) is 0.200. The molecule has 5 nitrogen and oxygen atoms in total. The lowest BCUT2D eigenvalue weighted by atomic mass is 10.2. The van der Waals surface area contributed by atoms with Crippen LogP contribution >= 0.6 is 0 Å². The summed E-state index contributed by atoms with van der Waals surface area (Å²) in [4.78, 5) is 18.2. The molecular formula is C15H16N4O. The third-order valence-electron chi connectivity index (χ3n) is 3.41. The number of hydrogen-bond donors (Lipinski definition) is 1. The van der Waals surface area contributed by atoms with Crippen LogP contribution < -0.4 is 5.73 Å². The Labute approximate surface area is 117 Å². The first-order chi connectivity index (χ1) is 9.72. The van der Waals surface area contributed by atoms with Crippen LogP contribution in [0.5, 0.6) is 0 Å². The van der Waals surface area contributed by atoms with Crippen molar-refractivity contribution in [2.75, 3.05) is 12.3 Å². The summed E-state index contributed by atoms with van der Waals surface area (Å²) < 4.78 is 2.08. The first kappa shape index (κ1) is 12.5. The van der Waals surface area contributed by atoms with Crippen LogP contribution in [0.25, 0.3) is 6.08 Å². The fourth-order valence-electron chi connectivity index (χ4n) is 2.24. The van der Waals surface area contributed by atoms with E-state index in [9.17, 15) is 4.79 Å². The third kappa shape index (κ3) is 2.56. The largest absolute Gasteiger partial charge is 0.399 e. The number of carbonyl (C=O) groups excluding carboxylic acids is 1. The highest BCUT2D eigenvalue weighted by molar-refractivity contribution is 5.91. The number of anilines is 1. The monoisotopic (exact) mass is 268 g/mol. The van der Waals surface area contributed by atoms with Crippen molar-refractivity contribution in [2.45, 2.75) is 13.1 Å². The predicted molar refractivity (Wildman–Crippen MR) is 77.5 cm³/mol. The molecule has 2 N–H and O–H groups in total. The van der Waals surface area contributed by atoms with E-state index in [1.165, 1.54) is 0 Å². The van der Waals surface area contributed by atoms with E-state index >= 15 is 0 Å². The molecule has 0 atom stereocenters. The molecule has 1 aliphatic heterocycles. The van der Waals surface area contributed by atoms with Crippen LogP contribution in [0.3, 0.4) is 0 Å². The van der Waals surface area contributed by atoms with Crippen molar-refractivity contribution in [2.24, 2.45) is 0 Å². The van der Waals surface area contributed by atoms with Crippen LogP contribution in [0, 0.1) is 0 Å². The molecule has 2 aromatic rings. The van der Waals surface area contributed by atoms with E-state index in [1.54, 1.807) is 17.2 Å². The lowest BCUT2D eigenvalue weighted by Crippen LogP contribution is -2.37. The average Bonchev–Trinajstić information content (AvgIpc) is 2.93. The third-order valence-corrected chi connectivity index (χ3v) is 3.41. The van der Waals surface area contributed by atoms with Crippen LogP contribution in [0.1, 0.15) is 11.4 Å². The number of hydrogen-bond acceptors (Lipinski definition) is 3. The number of benzene rings is 1. The van der Waals surface area contributed by atoms with Gasteiger partial charge in [-0.25, -0.2) is 4.98 Å². The molecule has 0 bridgehead atoms. The van der Waals surface area contributed by atoms with Crippen molar-refractivity contribution in [3.63, 3.8) is 0 Å². The zero-order chi connectivity index (χ0) is 13.9. The number of carbonyl (C=O) groups is 1. The minimum atomic E-state index is 0.0103. The average molecular weight is 268 g/mol. The Bertz CT molecular complexity index is 642. The van der Waals surface area contributed by atoms with Gasteiger partial charge in [-0.05, 0) is 23.8 Å². The zero-order valence-electron chi connectivity index (χ0n) is 11.1. The van der Waals surface area contributed by atoms with Gasteiger partial charge in [0.1, 0.15) is 5.82 Å². The zero-order valence-corrected chi connectivity index (χ0v) is 11.1. The summed E-state index contributed by atoms with van der Waals surface area (Å²) in [5.41, 5.74) is 7.31. The number of fused-ring (bicyclic) bond motifs is 1. The molecule has 1 aromatic carbocycles. The molecule has 5 heteroatoms. The van der Waals surface area contributed by atoms with Gasteiger partial charge in [-0.3, -0.25) is 4.79 Å². The molecule has 20 heavy (non-hydrogen) atoms. The summed E-state index contributed by atoms with van der Waals surface area (Å²) in [6.07, 6.45) is 7.13. The van der Waals surface area contributed by atoms with E-state index in [-0.39, 0.29) is 5.91 Å².